The van der Waals surface area contributed by atoms with Crippen molar-refractivity contribution in [2.24, 2.45) is 5.92 Å². The van der Waals surface area contributed by atoms with Crippen LogP contribution < -0.4 is 4.90 Å². The number of nitrogens with zero attached hydrogens (tertiary/aromatic N) is 3. The zero-order valence-electron chi connectivity index (χ0n) is 13.4. The van der Waals surface area contributed by atoms with E-state index in [0.717, 1.165) is 35.9 Å². The van der Waals surface area contributed by atoms with Crippen molar-refractivity contribution in [2.75, 3.05) is 18.0 Å². The molecule has 0 bridgehead atoms. The molecule has 23 heavy (non-hydrogen) atoms. The van der Waals surface area contributed by atoms with Gasteiger partial charge in [-0.1, -0.05) is 31.2 Å². The number of hydrogen-bond acceptors (Lipinski definition) is 3. The van der Waals surface area contributed by atoms with E-state index in [0.29, 0.717) is 0 Å². The maximum atomic E-state index is 4.83. The Morgan fingerprint density at radius 2 is 1.91 bits per heavy atom. The third kappa shape index (κ3) is 2.79. The first-order valence-corrected chi connectivity index (χ1v) is 8.37. The van der Waals surface area contributed by atoms with Crippen molar-refractivity contribution < 1.29 is 0 Å². The van der Waals surface area contributed by atoms with Gasteiger partial charge in [-0.05, 0) is 43.0 Å². The minimum atomic E-state index is 0.744. The van der Waals surface area contributed by atoms with Crippen LogP contribution in [0.1, 0.15) is 19.8 Å². The molecular formula is C20H21N3. The Kier molecular flexibility index (Phi) is 3.70. The number of anilines is 1. The number of piperidine rings is 1. The molecule has 3 aromatic rings. The van der Waals surface area contributed by atoms with Gasteiger partial charge in [0.25, 0.3) is 0 Å². The topological polar surface area (TPSA) is 29.0 Å². The summed E-state index contributed by atoms with van der Waals surface area (Å²) in [6, 6.07) is 16.6. The Morgan fingerprint density at radius 3 is 2.74 bits per heavy atom. The maximum Gasteiger partial charge on any atom is 0.0914 e. The molecule has 0 spiro atoms. The van der Waals surface area contributed by atoms with Gasteiger partial charge in [-0.3, -0.25) is 4.98 Å². The average Bonchev–Trinajstić information content (AvgIpc) is 2.61. The number of rotatable bonds is 2. The van der Waals surface area contributed by atoms with E-state index in [1.807, 2.05) is 24.4 Å². The summed E-state index contributed by atoms with van der Waals surface area (Å²) in [4.78, 5) is 11.8. The van der Waals surface area contributed by atoms with Gasteiger partial charge in [-0.2, -0.15) is 0 Å². The summed E-state index contributed by atoms with van der Waals surface area (Å²) in [6.45, 7) is 4.59. The van der Waals surface area contributed by atoms with Crippen molar-refractivity contribution in [3.05, 3.63) is 54.7 Å². The van der Waals surface area contributed by atoms with Crippen molar-refractivity contribution >= 4 is 16.6 Å². The Hall–Kier alpha value is -2.42. The molecule has 0 aliphatic carbocycles. The number of para-hydroxylation sites is 1. The van der Waals surface area contributed by atoms with Gasteiger partial charge in [-0.15, -0.1) is 0 Å². The van der Waals surface area contributed by atoms with Gasteiger partial charge in [0.15, 0.2) is 0 Å². The van der Waals surface area contributed by atoms with E-state index in [4.69, 9.17) is 4.98 Å². The Bertz CT molecular complexity index is 813. The maximum absolute atomic E-state index is 4.83. The summed E-state index contributed by atoms with van der Waals surface area (Å²) in [7, 11) is 0. The molecule has 2 aromatic heterocycles. The van der Waals surface area contributed by atoms with Crippen molar-refractivity contribution in [2.45, 2.75) is 19.8 Å². The van der Waals surface area contributed by atoms with Crippen molar-refractivity contribution in [3.8, 4) is 11.4 Å². The summed E-state index contributed by atoms with van der Waals surface area (Å²) in [6.07, 6.45) is 4.41. The van der Waals surface area contributed by atoms with Gasteiger partial charge in [0, 0.05) is 30.4 Å². The second-order valence-corrected chi connectivity index (χ2v) is 6.45. The lowest BCUT2D eigenvalue weighted by atomic mass is 9.99. The van der Waals surface area contributed by atoms with Crippen LogP contribution in [0, 0.1) is 5.92 Å². The third-order valence-corrected chi connectivity index (χ3v) is 4.62. The second kappa shape index (κ2) is 5.99. The molecule has 1 aliphatic rings. The van der Waals surface area contributed by atoms with Gasteiger partial charge in [0.05, 0.1) is 16.9 Å². The first-order chi connectivity index (χ1) is 11.3. The van der Waals surface area contributed by atoms with Crippen LogP contribution >= 0.6 is 0 Å². The quantitative estimate of drug-likeness (QED) is 0.696. The second-order valence-electron chi connectivity index (χ2n) is 6.45. The molecule has 1 atom stereocenters. The summed E-state index contributed by atoms with van der Waals surface area (Å²) < 4.78 is 0. The SMILES string of the molecule is C[C@@H]1CCCN(c2cc(-c3ccccn3)nc3ccccc23)C1. The van der Waals surface area contributed by atoms with Gasteiger partial charge >= 0.3 is 0 Å². The fraction of sp³-hybridized carbons (Fsp3) is 0.300. The van der Waals surface area contributed by atoms with E-state index in [1.165, 1.54) is 23.9 Å². The minimum Gasteiger partial charge on any atom is -0.371 e. The summed E-state index contributed by atoms with van der Waals surface area (Å²) >= 11 is 0. The molecule has 0 radical (unpaired) electrons. The number of hydrogen-bond donors (Lipinski definition) is 0. The molecular weight excluding hydrogens is 282 g/mol. The zero-order chi connectivity index (χ0) is 15.6. The van der Waals surface area contributed by atoms with Crippen molar-refractivity contribution in [1.29, 1.82) is 0 Å². The molecule has 4 rings (SSSR count). The number of benzene rings is 1. The highest BCUT2D eigenvalue weighted by Crippen LogP contribution is 2.32. The molecule has 116 valence electrons. The molecule has 1 fully saturated rings. The summed E-state index contributed by atoms with van der Waals surface area (Å²) in [5.41, 5.74) is 4.23. The van der Waals surface area contributed by atoms with Crippen LogP contribution in [0.2, 0.25) is 0 Å². The van der Waals surface area contributed by atoms with Crippen LogP contribution in [0.3, 0.4) is 0 Å². The monoisotopic (exact) mass is 303 g/mol. The predicted octanol–water partition coefficient (Wildman–Crippen LogP) is 4.53. The Morgan fingerprint density at radius 1 is 1.04 bits per heavy atom. The van der Waals surface area contributed by atoms with E-state index in [-0.39, 0.29) is 0 Å². The van der Waals surface area contributed by atoms with Gasteiger partial charge in [-0.25, -0.2) is 4.98 Å². The van der Waals surface area contributed by atoms with Gasteiger partial charge < -0.3 is 4.90 Å². The van der Waals surface area contributed by atoms with Gasteiger partial charge in [0.1, 0.15) is 0 Å². The van der Waals surface area contributed by atoms with Crippen LogP contribution in [-0.4, -0.2) is 23.1 Å². The van der Waals surface area contributed by atoms with E-state index in [9.17, 15) is 0 Å². The lowest BCUT2D eigenvalue weighted by Gasteiger charge is -2.33. The lowest BCUT2D eigenvalue weighted by Crippen LogP contribution is -2.34. The molecule has 0 unspecified atom stereocenters. The van der Waals surface area contributed by atoms with Crippen LogP contribution in [0.15, 0.2) is 54.7 Å². The number of fused-ring (bicyclic) bond motifs is 1. The van der Waals surface area contributed by atoms with Crippen LogP contribution in [0.25, 0.3) is 22.3 Å². The van der Waals surface area contributed by atoms with Crippen molar-refractivity contribution in [1.82, 2.24) is 9.97 Å². The molecule has 3 nitrogen and oxygen atoms in total. The fourth-order valence-electron chi connectivity index (χ4n) is 3.47. The molecule has 0 amide bonds. The fourth-order valence-corrected chi connectivity index (χ4v) is 3.47. The molecule has 0 saturated carbocycles. The normalized spacial score (nSPS) is 18.3. The first kappa shape index (κ1) is 14.2. The van der Waals surface area contributed by atoms with Crippen LogP contribution in [-0.2, 0) is 0 Å². The smallest absolute Gasteiger partial charge is 0.0914 e. The van der Waals surface area contributed by atoms with E-state index in [1.54, 1.807) is 0 Å². The highest BCUT2D eigenvalue weighted by molar-refractivity contribution is 5.94. The van der Waals surface area contributed by atoms with Gasteiger partial charge in [0.2, 0.25) is 0 Å². The predicted molar refractivity (Wildman–Crippen MR) is 95.6 cm³/mol. The largest absolute Gasteiger partial charge is 0.371 e. The lowest BCUT2D eigenvalue weighted by molar-refractivity contribution is 0.447. The first-order valence-electron chi connectivity index (χ1n) is 8.37. The molecule has 0 N–H and O–H groups in total. The highest BCUT2D eigenvalue weighted by Gasteiger charge is 2.19. The van der Waals surface area contributed by atoms with Crippen LogP contribution in [0.5, 0.6) is 0 Å². The number of aromatic nitrogens is 2. The molecule has 3 heteroatoms. The number of pyridine rings is 2. The standard InChI is InChI=1S/C20H21N3/c1-15-7-6-12-23(14-15)20-13-19(18-10-4-5-11-21-18)22-17-9-3-2-8-16(17)20/h2-5,8-11,13,15H,6-7,12,14H2,1H3/t15-/m1/s1. The van der Waals surface area contributed by atoms with E-state index < -0.39 is 0 Å². The Labute approximate surface area is 137 Å². The van der Waals surface area contributed by atoms with Crippen LogP contribution in [0.4, 0.5) is 5.69 Å². The minimum absolute atomic E-state index is 0.744. The molecule has 1 aromatic carbocycles. The van der Waals surface area contributed by atoms with Crippen molar-refractivity contribution in [3.63, 3.8) is 0 Å². The molecule has 1 aliphatic heterocycles. The van der Waals surface area contributed by atoms with E-state index in [2.05, 4.69) is 47.1 Å². The average molecular weight is 303 g/mol. The molecule has 1 saturated heterocycles. The summed E-state index contributed by atoms with van der Waals surface area (Å²) in [5.74, 6) is 0.744. The molecule has 3 heterocycles. The third-order valence-electron chi connectivity index (χ3n) is 4.62. The zero-order valence-corrected chi connectivity index (χ0v) is 13.4. The van der Waals surface area contributed by atoms with E-state index >= 15 is 0 Å². The summed E-state index contributed by atoms with van der Waals surface area (Å²) in [5, 5.41) is 1.24. The highest BCUT2D eigenvalue weighted by atomic mass is 15.1. The Balaban J connectivity index is 1.87.